The van der Waals surface area contributed by atoms with E-state index in [1.165, 1.54) is 0 Å². The van der Waals surface area contributed by atoms with Crippen LogP contribution >= 0.6 is 16.5 Å². The number of halogens is 2. The van der Waals surface area contributed by atoms with Crippen molar-refractivity contribution in [2.24, 2.45) is 0 Å². The second-order valence-corrected chi connectivity index (χ2v) is 7.98. The van der Waals surface area contributed by atoms with E-state index in [1.807, 2.05) is 0 Å². The average molecular weight is 337 g/mol. The summed E-state index contributed by atoms with van der Waals surface area (Å²) < 4.78 is 0. The molecule has 0 heterocycles. The molecule has 0 unspecified atom stereocenters. The largest absolute Gasteiger partial charge is 2.00 e. The van der Waals surface area contributed by atoms with Crippen LogP contribution in [-0.4, -0.2) is 0 Å². The predicted octanol–water partition coefficient (Wildman–Crippen LogP) is 1.37. The van der Waals surface area contributed by atoms with Gasteiger partial charge in [-0.25, -0.2) is 0 Å². The van der Waals surface area contributed by atoms with Crippen LogP contribution in [0.25, 0.3) is 0 Å². The van der Waals surface area contributed by atoms with Crippen molar-refractivity contribution >= 4 is 16.5 Å². The topological polar surface area (TPSA) is 0 Å². The summed E-state index contributed by atoms with van der Waals surface area (Å²) in [6.07, 6.45) is 0. The van der Waals surface area contributed by atoms with Gasteiger partial charge in [0.05, 0.1) is 0 Å². The molecule has 4 heavy (non-hydrogen) atoms. The van der Waals surface area contributed by atoms with Crippen molar-refractivity contribution in [2.45, 2.75) is 0 Å². The summed E-state index contributed by atoms with van der Waals surface area (Å²) in [5.74, 6) is 0. The molecule has 16 valence electrons. The summed E-state index contributed by atoms with van der Waals surface area (Å²) >= 11 is -1.14. The van der Waals surface area contributed by atoms with E-state index in [4.69, 9.17) is 16.5 Å². The first-order valence-corrected chi connectivity index (χ1v) is 14.1. The Balaban J connectivity index is 0. The maximum Gasteiger partial charge on any atom is 2.00 e. The fraction of sp³-hybridized carbons (Fsp3) is 0. The third-order valence-corrected chi connectivity index (χ3v) is 0. The molecule has 0 atom stereocenters. The van der Waals surface area contributed by atoms with Crippen LogP contribution in [0.2, 0.25) is 0 Å². The van der Waals surface area contributed by atoms with Crippen LogP contribution in [0.15, 0.2) is 0 Å². The van der Waals surface area contributed by atoms with Crippen molar-refractivity contribution in [1.29, 1.82) is 0 Å². The van der Waals surface area contributed by atoms with E-state index in [0.29, 0.717) is 0 Å². The normalized spacial score (nSPS) is 2.50. The molecule has 0 N–H and O–H groups in total. The van der Waals surface area contributed by atoms with E-state index in [-0.39, 0.29) is 19.5 Å². The van der Waals surface area contributed by atoms with Gasteiger partial charge in [0.2, 0.25) is 0 Å². The van der Waals surface area contributed by atoms with Crippen molar-refractivity contribution in [3.63, 3.8) is 0 Å². The fourth-order valence-corrected chi connectivity index (χ4v) is 0. The molecule has 0 nitrogen and oxygen atoms in total. The smallest absolute Gasteiger partial charge is 2.00 e. The van der Waals surface area contributed by atoms with Gasteiger partial charge < -0.3 is 0 Å². The third-order valence-electron chi connectivity index (χ3n) is 0. The first-order valence-electron chi connectivity index (χ1n) is 0.535. The van der Waals surface area contributed by atoms with E-state index >= 15 is 0 Å². The zero-order valence-corrected chi connectivity index (χ0v) is 12.1. The van der Waals surface area contributed by atoms with E-state index in [1.54, 1.807) is 0 Å². The second-order valence-electron chi connectivity index (χ2n) is 0.101. The zero-order chi connectivity index (χ0) is 2.71. The molecule has 0 amide bonds. The quantitative estimate of drug-likeness (QED) is 0.586. The zero-order valence-electron chi connectivity index (χ0n) is 2.17. The maximum atomic E-state index is 4.99. The number of hydrogen-bond acceptors (Lipinski definition) is 0. The third kappa shape index (κ3) is 8.91. The van der Waals surface area contributed by atoms with Crippen molar-refractivity contribution in [2.75, 3.05) is 0 Å². The minimum absolute atomic E-state index is 0. The molecule has 0 rings (SSSR count). The van der Waals surface area contributed by atoms with E-state index in [0.717, 1.165) is 0 Å². The summed E-state index contributed by atoms with van der Waals surface area (Å²) in [5, 5.41) is 0. The van der Waals surface area contributed by atoms with E-state index < -0.39 is 22.1 Å². The molecular formula is Cl2HgZn+2. The van der Waals surface area contributed by atoms with Crippen LogP contribution in [0.4, 0.5) is 0 Å². The molecule has 0 radical (unpaired) electrons. The van der Waals surface area contributed by atoms with E-state index in [2.05, 4.69) is 0 Å². The Hall–Kier alpha value is 2.14. The Bertz CT molecular complexity index is 6.00. The van der Waals surface area contributed by atoms with Crippen LogP contribution in [-0.2, 0) is 41.6 Å². The van der Waals surface area contributed by atoms with E-state index in [9.17, 15) is 0 Å². The molecule has 0 saturated carbocycles. The summed E-state index contributed by atoms with van der Waals surface area (Å²) in [6, 6.07) is 0. The maximum absolute atomic E-state index is 4.99. The van der Waals surface area contributed by atoms with Crippen LogP contribution in [0.1, 0.15) is 0 Å². The van der Waals surface area contributed by atoms with Gasteiger partial charge in [-0.2, -0.15) is 0 Å². The minimum Gasteiger partial charge on any atom is 2.00 e. The Morgan fingerprint density at radius 2 is 1.25 bits per heavy atom. The van der Waals surface area contributed by atoms with Crippen LogP contribution in [0, 0.1) is 0 Å². The molecule has 0 aliphatic carbocycles. The first kappa shape index (κ1) is 9.46. The van der Waals surface area contributed by atoms with Gasteiger partial charge in [0, 0.05) is 0 Å². The number of rotatable bonds is 0. The monoisotopic (exact) mass is 336 g/mol. The predicted molar refractivity (Wildman–Crippen MR) is 11.7 cm³/mol. The van der Waals surface area contributed by atoms with Gasteiger partial charge in [-0.1, -0.05) is 0 Å². The van der Waals surface area contributed by atoms with Gasteiger partial charge >= 0.3 is 58.1 Å². The second kappa shape index (κ2) is 8.93. The molecule has 0 fully saturated rings. The number of hydrogen-bond donors (Lipinski definition) is 0. The molecule has 0 saturated heterocycles. The Kier molecular flexibility index (Phi) is 21.1. The van der Waals surface area contributed by atoms with Crippen LogP contribution in [0.5, 0.6) is 0 Å². The van der Waals surface area contributed by atoms with Crippen molar-refractivity contribution in [3.8, 4) is 0 Å². The molecule has 0 spiro atoms. The van der Waals surface area contributed by atoms with Crippen molar-refractivity contribution in [1.82, 2.24) is 0 Å². The molecule has 4 heteroatoms. The van der Waals surface area contributed by atoms with Crippen molar-refractivity contribution < 1.29 is 41.6 Å². The summed E-state index contributed by atoms with van der Waals surface area (Å²) in [5.41, 5.74) is 0. The Labute approximate surface area is 57.3 Å². The summed E-state index contributed by atoms with van der Waals surface area (Å²) in [6.45, 7) is 0. The minimum atomic E-state index is -1.14. The SMILES string of the molecule is [Cl][Hg][Cl].[Zn+2]. The van der Waals surface area contributed by atoms with Gasteiger partial charge in [-0.3, -0.25) is 0 Å². The molecule has 0 aromatic carbocycles. The van der Waals surface area contributed by atoms with Gasteiger partial charge in [-0.15, -0.1) is 0 Å². The van der Waals surface area contributed by atoms with Gasteiger partial charge in [0.1, 0.15) is 0 Å². The van der Waals surface area contributed by atoms with Gasteiger partial charge in [-0.05, 0) is 0 Å². The molecule has 0 bridgehead atoms. The van der Waals surface area contributed by atoms with Crippen LogP contribution < -0.4 is 0 Å². The van der Waals surface area contributed by atoms with Crippen LogP contribution in [0.3, 0.4) is 0 Å². The molecule has 0 aromatic rings. The fourth-order valence-electron chi connectivity index (χ4n) is 0. The Morgan fingerprint density at radius 1 is 1.25 bits per heavy atom. The summed E-state index contributed by atoms with van der Waals surface area (Å²) in [7, 11) is 9.97. The van der Waals surface area contributed by atoms with Crippen molar-refractivity contribution in [3.05, 3.63) is 0 Å². The standard InChI is InChI=1S/2ClH.Hg.Zn/h2*1H;;/q;;2*+2/p-2. The molecule has 0 aromatic heterocycles. The molecule has 0 aliphatic heterocycles. The van der Waals surface area contributed by atoms with Gasteiger partial charge in [0.25, 0.3) is 0 Å². The average Bonchev–Trinajstić information content (AvgIpc) is 0.918. The summed E-state index contributed by atoms with van der Waals surface area (Å²) in [4.78, 5) is 0. The molecular weight excluding hydrogens is 337 g/mol. The Morgan fingerprint density at radius 3 is 1.25 bits per heavy atom. The molecule has 0 aliphatic rings. The first-order chi connectivity index (χ1) is 1.41. The van der Waals surface area contributed by atoms with Gasteiger partial charge in [0.15, 0.2) is 0 Å².